The molecule has 0 radical (unpaired) electrons. The molecule has 1 aromatic rings. The summed E-state index contributed by atoms with van der Waals surface area (Å²) in [6, 6.07) is 3.89. The van der Waals surface area contributed by atoms with Crippen molar-refractivity contribution in [3.63, 3.8) is 0 Å². The maximum Gasteiger partial charge on any atom is 0.121 e. The minimum Gasteiger partial charge on any atom is -0.508 e. The molecule has 0 aromatic heterocycles. The molecule has 0 unspecified atom stereocenters. The van der Waals surface area contributed by atoms with Crippen molar-refractivity contribution >= 4 is 0 Å². The van der Waals surface area contributed by atoms with Gasteiger partial charge in [-0.25, -0.2) is 0 Å². The SMILES string of the molecule is Oc1ccc(COC2CCCCCC2)c(COC2CCCCCC2)c1COC1CCCCCC1. The van der Waals surface area contributed by atoms with Gasteiger partial charge in [0.25, 0.3) is 0 Å². The molecule has 192 valence electrons. The van der Waals surface area contributed by atoms with Crippen LogP contribution in [0.15, 0.2) is 12.1 Å². The number of aromatic hydroxyl groups is 1. The topological polar surface area (TPSA) is 47.9 Å². The maximum absolute atomic E-state index is 10.9. The van der Waals surface area contributed by atoms with Gasteiger partial charge >= 0.3 is 0 Å². The largest absolute Gasteiger partial charge is 0.508 e. The molecule has 0 aliphatic heterocycles. The Bertz CT molecular complexity index is 694. The van der Waals surface area contributed by atoms with Crippen molar-refractivity contribution < 1.29 is 19.3 Å². The molecular formula is C30H48O4. The van der Waals surface area contributed by atoms with E-state index in [1.807, 2.05) is 12.1 Å². The average Bonchev–Trinajstić information content (AvgIpc) is 3.38. The van der Waals surface area contributed by atoms with Crippen molar-refractivity contribution in [2.45, 2.75) is 154 Å². The Morgan fingerprint density at radius 3 is 1.32 bits per heavy atom. The highest BCUT2D eigenvalue weighted by Gasteiger charge is 2.21. The summed E-state index contributed by atoms with van der Waals surface area (Å²) < 4.78 is 19.3. The Kier molecular flexibility index (Phi) is 11.0. The number of phenols is 1. The third kappa shape index (κ3) is 8.24. The van der Waals surface area contributed by atoms with Crippen molar-refractivity contribution in [3.8, 4) is 5.75 Å². The van der Waals surface area contributed by atoms with Crippen molar-refractivity contribution in [3.05, 3.63) is 28.8 Å². The van der Waals surface area contributed by atoms with Crippen LogP contribution in [-0.2, 0) is 34.0 Å². The zero-order valence-corrected chi connectivity index (χ0v) is 21.4. The van der Waals surface area contributed by atoms with E-state index in [2.05, 4.69) is 0 Å². The zero-order chi connectivity index (χ0) is 23.4. The van der Waals surface area contributed by atoms with Gasteiger partial charge in [-0.2, -0.15) is 0 Å². The highest BCUT2D eigenvalue weighted by molar-refractivity contribution is 5.43. The van der Waals surface area contributed by atoms with Gasteiger partial charge in [0.2, 0.25) is 0 Å². The molecule has 3 aliphatic rings. The lowest BCUT2D eigenvalue weighted by atomic mass is 10.0. The molecule has 0 atom stereocenters. The summed E-state index contributed by atoms with van der Waals surface area (Å²) in [5.41, 5.74) is 3.18. The third-order valence-electron chi connectivity index (χ3n) is 8.31. The fraction of sp³-hybridized carbons (Fsp3) is 0.800. The van der Waals surface area contributed by atoms with E-state index in [9.17, 15) is 5.11 Å². The number of phenolic OH excluding ortho intramolecular Hbond substituents is 1. The van der Waals surface area contributed by atoms with Crippen LogP contribution in [0.25, 0.3) is 0 Å². The Balaban J connectivity index is 1.46. The van der Waals surface area contributed by atoms with Gasteiger partial charge in [-0.15, -0.1) is 0 Å². The van der Waals surface area contributed by atoms with Crippen LogP contribution in [0.1, 0.15) is 132 Å². The monoisotopic (exact) mass is 472 g/mol. The van der Waals surface area contributed by atoms with Crippen LogP contribution in [0.5, 0.6) is 5.75 Å². The maximum atomic E-state index is 10.9. The highest BCUT2D eigenvalue weighted by atomic mass is 16.5. The van der Waals surface area contributed by atoms with E-state index in [0.717, 1.165) is 42.4 Å². The standard InChI is InChI=1S/C30H48O4/c31-30-20-19-24(21-32-25-13-7-1-2-8-14-25)28(22-33-26-15-9-3-4-10-16-26)29(30)23-34-27-17-11-5-6-12-18-27/h19-20,25-27,31H,1-18,21-23H2. The first-order chi connectivity index (χ1) is 16.8. The van der Waals surface area contributed by atoms with Gasteiger partial charge in [0.1, 0.15) is 5.75 Å². The summed E-state index contributed by atoms with van der Waals surface area (Å²) in [5, 5.41) is 10.9. The molecule has 1 aromatic carbocycles. The predicted molar refractivity (Wildman–Crippen MR) is 137 cm³/mol. The van der Waals surface area contributed by atoms with Crippen LogP contribution in [0.2, 0.25) is 0 Å². The smallest absolute Gasteiger partial charge is 0.121 e. The van der Waals surface area contributed by atoms with E-state index in [4.69, 9.17) is 14.2 Å². The second-order valence-corrected chi connectivity index (χ2v) is 11.0. The van der Waals surface area contributed by atoms with E-state index in [1.54, 1.807) is 0 Å². The highest BCUT2D eigenvalue weighted by Crippen LogP contribution is 2.31. The van der Waals surface area contributed by atoms with Crippen LogP contribution >= 0.6 is 0 Å². The Morgan fingerprint density at radius 2 is 0.882 bits per heavy atom. The fourth-order valence-corrected chi connectivity index (χ4v) is 6.04. The number of ether oxygens (including phenoxy) is 3. The van der Waals surface area contributed by atoms with Gasteiger partial charge in [0.05, 0.1) is 38.1 Å². The zero-order valence-electron chi connectivity index (χ0n) is 21.4. The number of rotatable bonds is 9. The van der Waals surface area contributed by atoms with Crippen molar-refractivity contribution in [2.24, 2.45) is 0 Å². The first-order valence-corrected chi connectivity index (χ1v) is 14.5. The van der Waals surface area contributed by atoms with Gasteiger partial charge in [-0.05, 0) is 55.7 Å². The molecule has 0 saturated heterocycles. The van der Waals surface area contributed by atoms with E-state index in [0.29, 0.717) is 43.9 Å². The lowest BCUT2D eigenvalue weighted by Crippen LogP contribution is -2.17. The first kappa shape index (κ1) is 26.0. The van der Waals surface area contributed by atoms with Gasteiger partial charge in [-0.3, -0.25) is 0 Å². The summed E-state index contributed by atoms with van der Waals surface area (Å²) >= 11 is 0. The molecule has 4 nitrogen and oxygen atoms in total. The van der Waals surface area contributed by atoms with Gasteiger partial charge in [0.15, 0.2) is 0 Å². The summed E-state index contributed by atoms with van der Waals surface area (Å²) in [5.74, 6) is 0.339. The number of hydrogen-bond acceptors (Lipinski definition) is 4. The molecule has 0 heterocycles. The van der Waals surface area contributed by atoms with Crippen LogP contribution < -0.4 is 0 Å². The summed E-state index contributed by atoms with van der Waals surface area (Å²) in [4.78, 5) is 0. The number of benzene rings is 1. The molecule has 0 amide bonds. The molecule has 3 aliphatic carbocycles. The molecule has 4 rings (SSSR count). The van der Waals surface area contributed by atoms with Crippen molar-refractivity contribution in [2.75, 3.05) is 0 Å². The van der Waals surface area contributed by atoms with E-state index in [1.165, 1.54) is 89.9 Å². The Labute approximate surface area is 207 Å². The predicted octanol–water partition coefficient (Wildman–Crippen LogP) is 8.11. The molecule has 0 bridgehead atoms. The first-order valence-electron chi connectivity index (χ1n) is 14.5. The van der Waals surface area contributed by atoms with Gasteiger partial charge in [0, 0.05) is 5.56 Å². The molecule has 34 heavy (non-hydrogen) atoms. The van der Waals surface area contributed by atoms with Crippen LogP contribution in [-0.4, -0.2) is 23.4 Å². The normalized spacial score (nSPS) is 22.2. The van der Waals surface area contributed by atoms with Crippen LogP contribution in [0.4, 0.5) is 0 Å². The minimum atomic E-state index is 0.309. The Hall–Kier alpha value is -1.10. The molecule has 1 N–H and O–H groups in total. The minimum absolute atomic E-state index is 0.309. The molecule has 3 saturated carbocycles. The third-order valence-corrected chi connectivity index (χ3v) is 8.31. The number of hydrogen-bond donors (Lipinski definition) is 1. The molecule has 3 fully saturated rings. The molecular weight excluding hydrogens is 424 g/mol. The molecule has 4 heteroatoms. The van der Waals surface area contributed by atoms with Crippen molar-refractivity contribution in [1.29, 1.82) is 0 Å². The fourth-order valence-electron chi connectivity index (χ4n) is 6.04. The van der Waals surface area contributed by atoms with Gasteiger partial charge in [-0.1, -0.05) is 83.1 Å². The van der Waals surface area contributed by atoms with Crippen LogP contribution in [0, 0.1) is 0 Å². The quantitative estimate of drug-likeness (QED) is 0.369. The second kappa shape index (κ2) is 14.5. The van der Waals surface area contributed by atoms with E-state index in [-0.39, 0.29) is 0 Å². The molecule has 0 spiro atoms. The summed E-state index contributed by atoms with van der Waals surface area (Å²) in [6.45, 7) is 1.62. The second-order valence-electron chi connectivity index (χ2n) is 11.0. The lowest BCUT2D eigenvalue weighted by molar-refractivity contribution is 0.0144. The van der Waals surface area contributed by atoms with Crippen LogP contribution in [0.3, 0.4) is 0 Å². The lowest BCUT2D eigenvalue weighted by Gasteiger charge is -2.23. The Morgan fingerprint density at radius 1 is 0.500 bits per heavy atom. The average molecular weight is 473 g/mol. The van der Waals surface area contributed by atoms with Crippen molar-refractivity contribution in [1.82, 2.24) is 0 Å². The van der Waals surface area contributed by atoms with Gasteiger partial charge < -0.3 is 19.3 Å². The van der Waals surface area contributed by atoms with E-state index >= 15 is 0 Å². The summed E-state index contributed by atoms with van der Waals surface area (Å²) in [7, 11) is 0. The summed E-state index contributed by atoms with van der Waals surface area (Å²) in [6.07, 6.45) is 23.5. The van der Waals surface area contributed by atoms with E-state index < -0.39 is 0 Å².